The summed E-state index contributed by atoms with van der Waals surface area (Å²) in [6, 6.07) is 20.9. The van der Waals surface area contributed by atoms with Gasteiger partial charge in [0.1, 0.15) is 0 Å². The minimum atomic E-state index is 0.861. The lowest BCUT2D eigenvalue weighted by Gasteiger charge is -1.95. The van der Waals surface area contributed by atoms with Gasteiger partial charge < -0.3 is 0 Å². The van der Waals surface area contributed by atoms with Crippen LogP contribution in [0.15, 0.2) is 65.6 Å². The molecule has 0 saturated heterocycles. The number of thioether (sulfide) groups is 3. The van der Waals surface area contributed by atoms with Crippen LogP contribution in [0.4, 0.5) is 0 Å². The molecule has 0 aliphatic rings. The molecule has 0 nitrogen and oxygen atoms in total. The molecule has 0 spiro atoms. The Labute approximate surface area is 162 Å². The van der Waals surface area contributed by atoms with Crippen molar-refractivity contribution in [3.05, 3.63) is 66.2 Å². The molecule has 0 aliphatic heterocycles. The second kappa shape index (κ2) is 17.3. The van der Waals surface area contributed by atoms with Gasteiger partial charge in [0.15, 0.2) is 0 Å². The fourth-order valence-corrected chi connectivity index (χ4v) is 3.63. The van der Waals surface area contributed by atoms with Crippen LogP contribution in [0.3, 0.4) is 0 Å². The van der Waals surface area contributed by atoms with E-state index >= 15 is 0 Å². The molecule has 134 valence electrons. The van der Waals surface area contributed by atoms with Crippen LogP contribution in [-0.2, 0) is 5.75 Å². The minimum absolute atomic E-state index is 0.861. The maximum absolute atomic E-state index is 2.23. The quantitative estimate of drug-likeness (QED) is 0.481. The number of hydrogen-bond acceptors (Lipinski definition) is 3. The van der Waals surface area contributed by atoms with Crippen LogP contribution < -0.4 is 0 Å². The van der Waals surface area contributed by atoms with Gasteiger partial charge in [-0.3, -0.25) is 0 Å². The van der Waals surface area contributed by atoms with Gasteiger partial charge >= 0.3 is 0 Å². The molecule has 2 rings (SSSR count). The highest BCUT2D eigenvalue weighted by Gasteiger charge is 1.86. The van der Waals surface area contributed by atoms with Crippen LogP contribution in [0.25, 0.3) is 0 Å². The Morgan fingerprint density at radius 3 is 1.71 bits per heavy atom. The van der Waals surface area contributed by atoms with E-state index in [1.165, 1.54) is 16.2 Å². The van der Waals surface area contributed by atoms with E-state index in [-0.39, 0.29) is 0 Å². The summed E-state index contributed by atoms with van der Waals surface area (Å²) in [5, 5.41) is 0. The first-order valence-corrected chi connectivity index (χ1v) is 12.1. The van der Waals surface area contributed by atoms with Crippen molar-refractivity contribution in [3.63, 3.8) is 0 Å². The Kier molecular flexibility index (Phi) is 16.9. The molecular weight excluding hydrogens is 348 g/mol. The predicted molar refractivity (Wildman–Crippen MR) is 120 cm³/mol. The summed E-state index contributed by atoms with van der Waals surface area (Å²) in [6.07, 6.45) is 4.26. The minimum Gasteiger partial charge on any atom is -0.165 e. The molecule has 2 aromatic carbocycles. The van der Waals surface area contributed by atoms with E-state index in [0.717, 1.165) is 17.4 Å². The summed E-state index contributed by atoms with van der Waals surface area (Å²) in [5.74, 6) is 4.44. The molecular formula is C21H32S3. The molecule has 0 radical (unpaired) electrons. The zero-order valence-electron chi connectivity index (χ0n) is 15.7. The second-order valence-electron chi connectivity index (χ2n) is 5.51. The maximum Gasteiger partial charge on any atom is 0.0181 e. The molecule has 0 atom stereocenters. The normalized spacial score (nSPS) is 9.58. The topological polar surface area (TPSA) is 0 Å². The van der Waals surface area contributed by atoms with Gasteiger partial charge in [-0.1, -0.05) is 69.3 Å². The van der Waals surface area contributed by atoms with E-state index in [2.05, 4.69) is 81.8 Å². The van der Waals surface area contributed by atoms with Gasteiger partial charge in [-0.2, -0.15) is 23.5 Å². The lowest BCUT2D eigenvalue weighted by Crippen LogP contribution is -1.87. The Hall–Kier alpha value is -0.510. The third-order valence-corrected chi connectivity index (χ3v) is 5.22. The van der Waals surface area contributed by atoms with Gasteiger partial charge in [0.05, 0.1) is 0 Å². The molecule has 2 aromatic rings. The molecule has 0 heterocycles. The average molecular weight is 381 g/mol. The molecule has 0 bridgehead atoms. The first-order valence-electron chi connectivity index (χ1n) is 8.33. The first kappa shape index (κ1) is 23.5. The molecule has 3 heteroatoms. The van der Waals surface area contributed by atoms with Gasteiger partial charge in [-0.15, -0.1) is 11.8 Å². The monoisotopic (exact) mass is 380 g/mol. The molecule has 0 N–H and O–H groups in total. The first-order chi connectivity index (χ1) is 11.6. The number of benzene rings is 2. The highest BCUT2D eigenvalue weighted by molar-refractivity contribution is 7.99. The fourth-order valence-electron chi connectivity index (χ4n) is 1.76. The molecule has 0 unspecified atom stereocenters. The summed E-state index contributed by atoms with van der Waals surface area (Å²) < 4.78 is 0. The summed E-state index contributed by atoms with van der Waals surface area (Å²) >= 11 is 5.64. The zero-order valence-corrected chi connectivity index (χ0v) is 18.1. The van der Waals surface area contributed by atoms with Crippen molar-refractivity contribution in [2.24, 2.45) is 5.92 Å². The van der Waals surface area contributed by atoms with E-state index in [1.807, 2.05) is 47.4 Å². The highest BCUT2D eigenvalue weighted by atomic mass is 32.2. The van der Waals surface area contributed by atoms with Crippen molar-refractivity contribution in [3.8, 4) is 0 Å². The van der Waals surface area contributed by atoms with Crippen LogP contribution >= 0.6 is 35.3 Å². The molecule has 0 amide bonds. The van der Waals surface area contributed by atoms with E-state index < -0.39 is 0 Å². The van der Waals surface area contributed by atoms with Crippen molar-refractivity contribution in [2.75, 3.05) is 24.0 Å². The van der Waals surface area contributed by atoms with E-state index in [1.54, 1.807) is 0 Å². The number of rotatable bonds is 6. The molecule has 0 fully saturated rings. The van der Waals surface area contributed by atoms with Crippen LogP contribution in [0, 0.1) is 5.92 Å². The maximum atomic E-state index is 2.23. The highest BCUT2D eigenvalue weighted by Crippen LogP contribution is 2.15. The van der Waals surface area contributed by atoms with Gasteiger partial charge in [-0.05, 0) is 47.6 Å². The molecule has 24 heavy (non-hydrogen) atoms. The largest absolute Gasteiger partial charge is 0.165 e. The molecule has 0 saturated carbocycles. The lowest BCUT2D eigenvalue weighted by atomic mass is 10.2. The van der Waals surface area contributed by atoms with Gasteiger partial charge in [0.2, 0.25) is 0 Å². The van der Waals surface area contributed by atoms with Crippen molar-refractivity contribution in [1.29, 1.82) is 0 Å². The fraction of sp³-hybridized carbons (Fsp3) is 0.429. The van der Waals surface area contributed by atoms with E-state index in [4.69, 9.17) is 0 Å². The summed E-state index contributed by atoms with van der Waals surface area (Å²) in [4.78, 5) is 1.36. The van der Waals surface area contributed by atoms with Gasteiger partial charge in [-0.25, -0.2) is 0 Å². The third-order valence-electron chi connectivity index (χ3n) is 2.71. The van der Waals surface area contributed by atoms with Crippen molar-refractivity contribution >= 4 is 35.3 Å². The Balaban J connectivity index is 0.000000340. The van der Waals surface area contributed by atoms with Crippen molar-refractivity contribution in [2.45, 2.75) is 31.4 Å². The smallest absolute Gasteiger partial charge is 0.0181 e. The third kappa shape index (κ3) is 15.0. The van der Waals surface area contributed by atoms with Crippen LogP contribution in [0.1, 0.15) is 26.3 Å². The van der Waals surface area contributed by atoms with Crippen LogP contribution in [0.2, 0.25) is 0 Å². The number of hydrogen-bond donors (Lipinski definition) is 0. The van der Waals surface area contributed by atoms with E-state index in [0.29, 0.717) is 0 Å². The average Bonchev–Trinajstić information content (AvgIpc) is 2.58. The Morgan fingerprint density at radius 2 is 1.33 bits per heavy atom. The summed E-state index contributed by atoms with van der Waals surface area (Å²) in [5.41, 5.74) is 1.41. The van der Waals surface area contributed by atoms with Crippen molar-refractivity contribution < 1.29 is 0 Å². The Bertz CT molecular complexity index is 427. The lowest BCUT2D eigenvalue weighted by molar-refractivity contribution is 0.751. The van der Waals surface area contributed by atoms with E-state index in [9.17, 15) is 0 Å². The second-order valence-corrected chi connectivity index (χ2v) is 8.63. The SMILES string of the molecule is CCSc1ccccc1.CSCC(C)C.CSCc1ccccc1. The van der Waals surface area contributed by atoms with Crippen LogP contribution in [0.5, 0.6) is 0 Å². The molecule has 0 aliphatic carbocycles. The Morgan fingerprint density at radius 1 is 0.792 bits per heavy atom. The summed E-state index contributed by atoms with van der Waals surface area (Å²) in [7, 11) is 0. The standard InChI is InChI=1S/2C8H10S.C5H12S/c1-9-7-8-5-3-2-4-6-8;1-2-9-8-6-4-3-5-7-8;1-5(2)4-6-3/h2-6H,7H2,1H3;3-7H,2H2,1H3;5H,4H2,1-3H3. The zero-order chi connectivity index (χ0) is 18.0. The summed E-state index contributed by atoms with van der Waals surface area (Å²) in [6.45, 7) is 6.63. The predicted octanol–water partition coefficient (Wildman–Crippen LogP) is 7.35. The van der Waals surface area contributed by atoms with Gasteiger partial charge in [0, 0.05) is 10.6 Å². The van der Waals surface area contributed by atoms with Crippen molar-refractivity contribution in [1.82, 2.24) is 0 Å². The van der Waals surface area contributed by atoms with Gasteiger partial charge in [0.25, 0.3) is 0 Å². The molecule has 0 aromatic heterocycles. The van der Waals surface area contributed by atoms with Crippen LogP contribution in [-0.4, -0.2) is 24.0 Å².